The fraction of sp³-hybridized carbons (Fsp3) is 0.250. The summed E-state index contributed by atoms with van der Waals surface area (Å²) >= 11 is 3.47. The summed E-state index contributed by atoms with van der Waals surface area (Å²) in [4.78, 5) is -0.351. The van der Waals surface area contributed by atoms with Crippen LogP contribution >= 0.6 is 15.9 Å². The van der Waals surface area contributed by atoms with Crippen LogP contribution in [0.4, 0.5) is 8.78 Å². The molecule has 0 amide bonds. The van der Waals surface area contributed by atoms with Crippen molar-refractivity contribution in [2.75, 3.05) is 7.11 Å². The molecule has 0 aliphatic heterocycles. The lowest BCUT2D eigenvalue weighted by atomic mass is 10.0. The lowest BCUT2D eigenvalue weighted by Gasteiger charge is -2.15. The molecule has 0 fully saturated rings. The molecule has 0 heterocycles. The first-order chi connectivity index (χ1) is 9.43. The molecule has 0 aliphatic carbocycles. The van der Waals surface area contributed by atoms with Crippen molar-refractivity contribution < 1.29 is 13.5 Å². The van der Waals surface area contributed by atoms with Crippen molar-refractivity contribution in [3.8, 4) is 5.75 Å². The van der Waals surface area contributed by atoms with E-state index in [1.807, 2.05) is 25.1 Å². The van der Waals surface area contributed by atoms with Gasteiger partial charge in [0, 0.05) is 11.6 Å². The average molecular weight is 341 g/mol. The van der Waals surface area contributed by atoms with E-state index in [9.17, 15) is 8.78 Å². The Bertz CT molecular complexity index is 641. The number of halogens is 3. The highest BCUT2D eigenvalue weighted by atomic mass is 79.9. The number of methoxy groups -OCH3 is 1. The minimum absolute atomic E-state index is 0.351. The summed E-state index contributed by atoms with van der Waals surface area (Å²) in [6, 6.07) is 8.11. The number of benzene rings is 2. The van der Waals surface area contributed by atoms with E-state index in [0.29, 0.717) is 11.1 Å². The van der Waals surface area contributed by atoms with Crippen LogP contribution in [0.1, 0.15) is 27.1 Å². The molecule has 1 nitrogen and oxygen atoms in total. The average Bonchev–Trinajstić information content (AvgIpc) is 2.42. The van der Waals surface area contributed by atoms with Gasteiger partial charge in [0.25, 0.3) is 0 Å². The standard InChI is InChI=1S/C16H15BrF2O/c1-9-4-5-11(7-15(9)20-3)16(17)12-6-10(2)13(18)8-14(12)19/h4-8,16H,1-3H3. The summed E-state index contributed by atoms with van der Waals surface area (Å²) in [6.07, 6.45) is 0. The molecule has 2 aromatic carbocycles. The third-order valence-corrected chi connectivity index (χ3v) is 4.30. The smallest absolute Gasteiger partial charge is 0.130 e. The number of alkyl halides is 1. The van der Waals surface area contributed by atoms with Gasteiger partial charge in [-0.2, -0.15) is 0 Å². The highest BCUT2D eigenvalue weighted by Gasteiger charge is 2.18. The Balaban J connectivity index is 2.46. The Morgan fingerprint density at radius 2 is 1.70 bits per heavy atom. The second-order valence-electron chi connectivity index (χ2n) is 4.71. The molecule has 0 N–H and O–H groups in total. The molecule has 2 rings (SSSR count). The number of rotatable bonds is 3. The van der Waals surface area contributed by atoms with Crippen molar-refractivity contribution in [3.05, 3.63) is 64.2 Å². The minimum Gasteiger partial charge on any atom is -0.496 e. The first kappa shape index (κ1) is 15.0. The molecule has 0 aliphatic rings. The van der Waals surface area contributed by atoms with E-state index in [2.05, 4.69) is 15.9 Å². The van der Waals surface area contributed by atoms with E-state index in [0.717, 1.165) is 22.9 Å². The van der Waals surface area contributed by atoms with Crippen molar-refractivity contribution >= 4 is 15.9 Å². The molecule has 20 heavy (non-hydrogen) atoms. The van der Waals surface area contributed by atoms with E-state index >= 15 is 0 Å². The van der Waals surface area contributed by atoms with E-state index in [4.69, 9.17) is 4.74 Å². The van der Waals surface area contributed by atoms with Crippen molar-refractivity contribution in [2.45, 2.75) is 18.7 Å². The first-order valence-electron chi connectivity index (χ1n) is 6.18. The number of hydrogen-bond acceptors (Lipinski definition) is 1. The Hall–Kier alpha value is -1.42. The molecule has 0 bridgehead atoms. The van der Waals surface area contributed by atoms with Crippen LogP contribution in [0.2, 0.25) is 0 Å². The molecule has 0 aromatic heterocycles. The molecule has 1 unspecified atom stereocenters. The van der Waals surface area contributed by atoms with Crippen LogP contribution in [0.5, 0.6) is 5.75 Å². The van der Waals surface area contributed by atoms with Crippen LogP contribution in [0.15, 0.2) is 30.3 Å². The monoisotopic (exact) mass is 340 g/mol. The zero-order valence-electron chi connectivity index (χ0n) is 11.5. The zero-order chi connectivity index (χ0) is 14.9. The normalized spacial score (nSPS) is 12.3. The molecule has 4 heteroatoms. The van der Waals surface area contributed by atoms with Gasteiger partial charge in [0.2, 0.25) is 0 Å². The summed E-state index contributed by atoms with van der Waals surface area (Å²) in [7, 11) is 1.60. The van der Waals surface area contributed by atoms with Crippen molar-refractivity contribution in [1.82, 2.24) is 0 Å². The fourth-order valence-corrected chi connectivity index (χ4v) is 2.68. The van der Waals surface area contributed by atoms with Crippen LogP contribution in [0.3, 0.4) is 0 Å². The largest absolute Gasteiger partial charge is 0.496 e. The van der Waals surface area contributed by atoms with E-state index < -0.39 is 11.6 Å². The third kappa shape index (κ3) is 2.85. The van der Waals surface area contributed by atoms with Crippen molar-refractivity contribution in [2.24, 2.45) is 0 Å². The minimum atomic E-state index is -0.561. The van der Waals surface area contributed by atoms with Crippen LogP contribution in [-0.2, 0) is 0 Å². The quantitative estimate of drug-likeness (QED) is 0.708. The second-order valence-corrected chi connectivity index (χ2v) is 5.63. The third-order valence-electron chi connectivity index (χ3n) is 3.28. The number of hydrogen-bond donors (Lipinski definition) is 0. The molecule has 0 saturated carbocycles. The lowest BCUT2D eigenvalue weighted by Crippen LogP contribution is -2.00. The molecule has 0 saturated heterocycles. The molecule has 2 aromatic rings. The second kappa shape index (κ2) is 5.92. The van der Waals surface area contributed by atoms with Gasteiger partial charge in [0.15, 0.2) is 0 Å². The van der Waals surface area contributed by atoms with E-state index in [-0.39, 0.29) is 4.83 Å². The van der Waals surface area contributed by atoms with Gasteiger partial charge in [-0.3, -0.25) is 0 Å². The Labute approximate surface area is 125 Å². The van der Waals surface area contributed by atoms with Crippen molar-refractivity contribution in [3.63, 3.8) is 0 Å². The molecule has 1 atom stereocenters. The highest BCUT2D eigenvalue weighted by Crippen LogP contribution is 2.35. The first-order valence-corrected chi connectivity index (χ1v) is 7.09. The van der Waals surface area contributed by atoms with Crippen LogP contribution < -0.4 is 4.74 Å². The van der Waals surface area contributed by atoms with Gasteiger partial charge in [0.1, 0.15) is 17.4 Å². The zero-order valence-corrected chi connectivity index (χ0v) is 13.1. The molecular formula is C16H15BrF2O. The van der Waals surface area contributed by atoms with Gasteiger partial charge >= 0.3 is 0 Å². The van der Waals surface area contributed by atoms with Crippen LogP contribution in [0.25, 0.3) is 0 Å². The molecular weight excluding hydrogens is 326 g/mol. The van der Waals surface area contributed by atoms with Gasteiger partial charge in [-0.1, -0.05) is 28.1 Å². The Kier molecular flexibility index (Phi) is 4.43. The maximum absolute atomic E-state index is 13.9. The van der Waals surface area contributed by atoms with E-state index in [1.54, 1.807) is 14.0 Å². The Morgan fingerprint density at radius 1 is 1.00 bits per heavy atom. The van der Waals surface area contributed by atoms with Gasteiger partial charge < -0.3 is 4.74 Å². The summed E-state index contributed by atoms with van der Waals surface area (Å²) in [5.74, 6) is -0.354. The Morgan fingerprint density at radius 3 is 2.35 bits per heavy atom. The predicted molar refractivity (Wildman–Crippen MR) is 79.6 cm³/mol. The molecule has 106 valence electrons. The summed E-state index contributed by atoms with van der Waals surface area (Å²) in [6.45, 7) is 3.56. The SMILES string of the molecule is COc1cc(C(Br)c2cc(C)c(F)cc2F)ccc1C. The topological polar surface area (TPSA) is 9.23 Å². The predicted octanol–water partition coefficient (Wildman–Crippen LogP) is 5.07. The maximum atomic E-state index is 13.9. The van der Waals surface area contributed by atoms with Gasteiger partial charge in [-0.05, 0) is 42.7 Å². The van der Waals surface area contributed by atoms with Gasteiger partial charge in [-0.15, -0.1) is 0 Å². The lowest BCUT2D eigenvalue weighted by molar-refractivity contribution is 0.411. The summed E-state index contributed by atoms with van der Waals surface area (Å²) in [5, 5.41) is 0. The van der Waals surface area contributed by atoms with Crippen LogP contribution in [-0.4, -0.2) is 7.11 Å². The summed E-state index contributed by atoms with van der Waals surface area (Å²) in [5.41, 5.74) is 2.70. The van der Waals surface area contributed by atoms with Crippen LogP contribution in [0, 0.1) is 25.5 Å². The van der Waals surface area contributed by atoms with Gasteiger partial charge in [0.05, 0.1) is 11.9 Å². The summed E-state index contributed by atoms with van der Waals surface area (Å²) < 4.78 is 32.5. The highest BCUT2D eigenvalue weighted by molar-refractivity contribution is 9.09. The fourth-order valence-electron chi connectivity index (χ4n) is 2.05. The van der Waals surface area contributed by atoms with Crippen molar-refractivity contribution in [1.29, 1.82) is 0 Å². The van der Waals surface area contributed by atoms with E-state index in [1.165, 1.54) is 6.07 Å². The maximum Gasteiger partial charge on any atom is 0.130 e. The van der Waals surface area contributed by atoms with Gasteiger partial charge in [-0.25, -0.2) is 8.78 Å². The molecule has 0 spiro atoms. The number of ether oxygens (including phenoxy) is 1. The number of aryl methyl sites for hydroxylation is 2. The molecule has 0 radical (unpaired) electrons.